The number of hydrazone groups is 1. The first kappa shape index (κ1) is 22.6. The number of nitrogens with one attached hydrogen (secondary N) is 1. The molecule has 2 unspecified atom stereocenters. The van der Waals surface area contributed by atoms with E-state index in [1.807, 2.05) is 42.6 Å². The van der Waals surface area contributed by atoms with Crippen molar-refractivity contribution < 1.29 is 8.42 Å². The molecule has 0 spiro atoms. The van der Waals surface area contributed by atoms with Crippen LogP contribution in [0.4, 0.5) is 5.13 Å². The molecule has 2 heterocycles. The Kier molecular flexibility index (Phi) is 6.74. The molecule has 1 aliphatic heterocycles. The maximum atomic E-state index is 13.2. The quantitative estimate of drug-likeness (QED) is 0.397. The summed E-state index contributed by atoms with van der Waals surface area (Å²) in [5.74, 6) is 0.730. The summed E-state index contributed by atoms with van der Waals surface area (Å²) in [6.07, 6.45) is 2.81. The molecule has 1 aliphatic rings. The predicted molar refractivity (Wildman–Crippen MR) is 132 cm³/mol. The van der Waals surface area contributed by atoms with Gasteiger partial charge in [-0.2, -0.15) is 9.41 Å². The van der Waals surface area contributed by atoms with Crippen molar-refractivity contribution in [1.82, 2.24) is 9.29 Å². The van der Waals surface area contributed by atoms with Gasteiger partial charge in [-0.25, -0.2) is 13.4 Å². The van der Waals surface area contributed by atoms with E-state index in [1.165, 1.54) is 16.9 Å². The Morgan fingerprint density at radius 3 is 2.56 bits per heavy atom. The van der Waals surface area contributed by atoms with Gasteiger partial charge >= 0.3 is 0 Å². The first-order chi connectivity index (χ1) is 15.3. The maximum absolute atomic E-state index is 13.2. The summed E-state index contributed by atoms with van der Waals surface area (Å²) in [6.45, 7) is 7.41. The van der Waals surface area contributed by atoms with Crippen molar-refractivity contribution in [3.05, 3.63) is 65.0 Å². The Morgan fingerprint density at radius 2 is 1.84 bits per heavy atom. The molecule has 0 saturated carbocycles. The van der Waals surface area contributed by atoms with Crippen LogP contribution in [0.3, 0.4) is 0 Å². The van der Waals surface area contributed by atoms with Gasteiger partial charge in [-0.15, -0.1) is 11.3 Å². The van der Waals surface area contributed by atoms with Crippen molar-refractivity contribution in [2.45, 2.75) is 32.1 Å². The van der Waals surface area contributed by atoms with E-state index >= 15 is 0 Å². The highest BCUT2D eigenvalue weighted by atomic mass is 32.2. The van der Waals surface area contributed by atoms with Gasteiger partial charge in [0, 0.05) is 24.0 Å². The molecule has 1 fully saturated rings. The highest BCUT2D eigenvalue weighted by Crippen LogP contribution is 2.30. The van der Waals surface area contributed by atoms with Crippen LogP contribution in [0.2, 0.25) is 0 Å². The summed E-state index contributed by atoms with van der Waals surface area (Å²) in [5, 5.41) is 6.80. The molecular weight excluding hydrogens is 440 g/mol. The lowest BCUT2D eigenvalue weighted by atomic mass is 9.94. The Labute approximate surface area is 194 Å². The fourth-order valence-corrected chi connectivity index (χ4v) is 6.43. The minimum absolute atomic E-state index is 0.316. The van der Waals surface area contributed by atoms with E-state index in [9.17, 15) is 8.42 Å². The zero-order valence-corrected chi connectivity index (χ0v) is 20.2. The lowest BCUT2D eigenvalue weighted by Crippen LogP contribution is -2.42. The Bertz CT molecular complexity index is 1190. The molecule has 32 heavy (non-hydrogen) atoms. The molecule has 2 atom stereocenters. The van der Waals surface area contributed by atoms with E-state index in [0.717, 1.165) is 23.2 Å². The SMILES string of the molecule is Cc1ccc(/C=N/Nc2nc(-c3cccc(S(=O)(=O)N4CC(C)CC(C)C4)c3)cs2)cc1. The van der Waals surface area contributed by atoms with Crippen molar-refractivity contribution in [2.75, 3.05) is 18.5 Å². The predicted octanol–water partition coefficient (Wildman–Crippen LogP) is 5.23. The number of aryl methyl sites for hydroxylation is 1. The third-order valence-corrected chi connectivity index (χ3v) is 8.13. The van der Waals surface area contributed by atoms with E-state index in [1.54, 1.807) is 28.7 Å². The van der Waals surface area contributed by atoms with Crippen molar-refractivity contribution >= 4 is 32.7 Å². The number of piperidine rings is 1. The second-order valence-electron chi connectivity index (χ2n) is 8.61. The zero-order chi connectivity index (χ0) is 22.7. The molecule has 2 aromatic carbocycles. The van der Waals surface area contributed by atoms with Gasteiger partial charge in [0.1, 0.15) is 0 Å². The first-order valence-electron chi connectivity index (χ1n) is 10.7. The molecule has 3 aromatic rings. The third kappa shape index (κ3) is 5.26. The van der Waals surface area contributed by atoms with E-state index in [-0.39, 0.29) is 0 Å². The van der Waals surface area contributed by atoms with Gasteiger partial charge in [-0.1, -0.05) is 55.8 Å². The van der Waals surface area contributed by atoms with Gasteiger partial charge < -0.3 is 0 Å². The summed E-state index contributed by atoms with van der Waals surface area (Å²) in [5.41, 5.74) is 6.65. The lowest BCUT2D eigenvalue weighted by molar-refractivity contribution is 0.222. The van der Waals surface area contributed by atoms with Crippen molar-refractivity contribution in [3.63, 3.8) is 0 Å². The second-order valence-corrected chi connectivity index (χ2v) is 11.4. The smallest absolute Gasteiger partial charge is 0.243 e. The molecule has 0 aliphatic carbocycles. The molecule has 1 N–H and O–H groups in total. The van der Waals surface area contributed by atoms with Crippen LogP contribution in [0.15, 0.2) is 63.9 Å². The van der Waals surface area contributed by atoms with Crippen LogP contribution >= 0.6 is 11.3 Å². The normalized spacial score (nSPS) is 20.0. The maximum Gasteiger partial charge on any atom is 0.243 e. The van der Waals surface area contributed by atoms with Gasteiger partial charge in [0.05, 0.1) is 16.8 Å². The average Bonchev–Trinajstić information content (AvgIpc) is 3.23. The highest BCUT2D eigenvalue weighted by molar-refractivity contribution is 7.89. The fourth-order valence-electron chi connectivity index (χ4n) is 4.04. The van der Waals surface area contributed by atoms with Crippen LogP contribution in [0.25, 0.3) is 11.3 Å². The highest BCUT2D eigenvalue weighted by Gasteiger charge is 2.31. The Balaban J connectivity index is 1.49. The van der Waals surface area contributed by atoms with Crippen molar-refractivity contribution in [3.8, 4) is 11.3 Å². The first-order valence-corrected chi connectivity index (χ1v) is 13.0. The van der Waals surface area contributed by atoms with Gasteiger partial charge in [0.2, 0.25) is 15.2 Å². The number of rotatable bonds is 6. The third-order valence-electron chi connectivity index (χ3n) is 5.56. The number of thiazole rings is 1. The molecule has 168 valence electrons. The molecule has 4 rings (SSSR count). The minimum atomic E-state index is -3.53. The second kappa shape index (κ2) is 9.52. The van der Waals surface area contributed by atoms with Crippen LogP contribution in [0.5, 0.6) is 0 Å². The topological polar surface area (TPSA) is 74.7 Å². The summed E-state index contributed by atoms with van der Waals surface area (Å²) in [7, 11) is -3.53. The molecular formula is C24H28N4O2S2. The van der Waals surface area contributed by atoms with Crippen molar-refractivity contribution in [2.24, 2.45) is 16.9 Å². The van der Waals surface area contributed by atoms with Crippen LogP contribution in [0.1, 0.15) is 31.4 Å². The summed E-state index contributed by atoms with van der Waals surface area (Å²) < 4.78 is 28.1. The molecule has 0 radical (unpaired) electrons. The monoisotopic (exact) mass is 468 g/mol. The van der Waals surface area contributed by atoms with Crippen LogP contribution in [-0.2, 0) is 10.0 Å². The standard InChI is InChI=1S/C24H28N4O2S2/c1-17-7-9-20(10-8-17)13-25-27-24-26-23(16-31-24)21-5-4-6-22(12-21)32(29,30)28-14-18(2)11-19(3)15-28/h4-10,12-13,16,18-19H,11,14-15H2,1-3H3,(H,26,27)/b25-13+. The van der Waals surface area contributed by atoms with Gasteiger partial charge in [-0.05, 0) is 42.9 Å². The number of hydrogen-bond donors (Lipinski definition) is 1. The summed E-state index contributed by atoms with van der Waals surface area (Å²) in [4.78, 5) is 4.89. The number of nitrogens with zero attached hydrogens (tertiary/aromatic N) is 3. The van der Waals surface area contributed by atoms with Crippen LogP contribution < -0.4 is 5.43 Å². The largest absolute Gasteiger partial charge is 0.253 e. The zero-order valence-electron chi connectivity index (χ0n) is 18.5. The molecule has 0 amide bonds. The van der Waals surface area contributed by atoms with Gasteiger partial charge in [0.15, 0.2) is 0 Å². The fraction of sp³-hybridized carbons (Fsp3) is 0.333. The van der Waals surface area contributed by atoms with E-state index in [0.29, 0.717) is 35.0 Å². The number of benzene rings is 2. The number of aromatic nitrogens is 1. The summed E-state index contributed by atoms with van der Waals surface area (Å²) in [6, 6.07) is 15.1. The molecule has 0 bridgehead atoms. The number of hydrogen-bond acceptors (Lipinski definition) is 6. The average molecular weight is 469 g/mol. The minimum Gasteiger partial charge on any atom is -0.253 e. The van der Waals surface area contributed by atoms with Crippen molar-refractivity contribution in [1.29, 1.82) is 0 Å². The summed E-state index contributed by atoms with van der Waals surface area (Å²) >= 11 is 1.43. The molecule has 1 saturated heterocycles. The number of sulfonamides is 1. The number of anilines is 1. The van der Waals surface area contributed by atoms with E-state index in [2.05, 4.69) is 29.4 Å². The molecule has 1 aromatic heterocycles. The lowest BCUT2D eigenvalue weighted by Gasteiger charge is -2.34. The van der Waals surface area contributed by atoms with E-state index in [4.69, 9.17) is 0 Å². The van der Waals surface area contributed by atoms with Crippen LogP contribution in [-0.4, -0.2) is 37.0 Å². The van der Waals surface area contributed by atoms with Gasteiger partial charge in [-0.3, -0.25) is 5.43 Å². The molecule has 8 heteroatoms. The van der Waals surface area contributed by atoms with Gasteiger partial charge in [0.25, 0.3) is 0 Å². The van der Waals surface area contributed by atoms with Crippen LogP contribution in [0, 0.1) is 18.8 Å². The Hall–Kier alpha value is -2.55. The molecule has 6 nitrogen and oxygen atoms in total. The Morgan fingerprint density at radius 1 is 1.12 bits per heavy atom. The van der Waals surface area contributed by atoms with E-state index < -0.39 is 10.0 Å².